The van der Waals surface area contributed by atoms with Gasteiger partial charge < -0.3 is 5.11 Å². The quantitative estimate of drug-likeness (QED) is 0.650. The van der Waals surface area contributed by atoms with Gasteiger partial charge in [-0.25, -0.2) is 4.99 Å². The van der Waals surface area contributed by atoms with Crippen LogP contribution in [-0.2, 0) is 9.59 Å². The number of aliphatic imine (C=N–C) groups is 2. The van der Waals surface area contributed by atoms with Gasteiger partial charge in [-0.2, -0.15) is 4.99 Å². The summed E-state index contributed by atoms with van der Waals surface area (Å²) < 4.78 is 0. The van der Waals surface area contributed by atoms with Gasteiger partial charge in [-0.1, -0.05) is 0 Å². The Kier molecular flexibility index (Phi) is 1.94. The molecule has 0 radical (unpaired) electrons. The van der Waals surface area contributed by atoms with Crippen molar-refractivity contribution in [1.29, 1.82) is 0 Å². The largest absolute Gasteiger partial charge is 0.480 e. The van der Waals surface area contributed by atoms with Gasteiger partial charge in [0, 0.05) is 11.6 Å². The second kappa shape index (κ2) is 3.01. The average Bonchev–Trinajstić information content (AvgIpc) is 2.83. The van der Waals surface area contributed by atoms with Gasteiger partial charge in [0.25, 0.3) is 5.91 Å². The third-order valence-corrected chi connectivity index (χ3v) is 2.37. The SMILES string of the molecule is CC1=NC(C2CC2)=NC(=O)C1C(=O)O. The molecule has 0 aromatic rings. The van der Waals surface area contributed by atoms with Crippen molar-refractivity contribution in [3.63, 3.8) is 0 Å². The van der Waals surface area contributed by atoms with Crippen molar-refractivity contribution in [2.75, 3.05) is 0 Å². The van der Waals surface area contributed by atoms with E-state index in [-0.39, 0.29) is 5.92 Å². The number of aliphatic carboxylic acids is 1. The normalized spacial score (nSPS) is 26.9. The number of hydrogen-bond acceptors (Lipinski definition) is 3. The average molecular weight is 194 g/mol. The van der Waals surface area contributed by atoms with Crippen LogP contribution in [0.25, 0.3) is 0 Å². The maximum atomic E-state index is 11.3. The molecule has 0 saturated heterocycles. The highest BCUT2D eigenvalue weighted by atomic mass is 16.4. The zero-order chi connectivity index (χ0) is 10.3. The molecule has 0 spiro atoms. The minimum absolute atomic E-state index is 0.281. The van der Waals surface area contributed by atoms with Gasteiger partial charge in [0.2, 0.25) is 0 Å². The molecule has 74 valence electrons. The molecule has 0 aromatic carbocycles. The van der Waals surface area contributed by atoms with Gasteiger partial charge >= 0.3 is 5.97 Å². The van der Waals surface area contributed by atoms with Crippen LogP contribution in [0, 0.1) is 11.8 Å². The number of rotatable bonds is 2. The van der Waals surface area contributed by atoms with Crippen molar-refractivity contribution in [3.8, 4) is 0 Å². The van der Waals surface area contributed by atoms with E-state index < -0.39 is 17.8 Å². The number of carbonyl (C=O) groups excluding carboxylic acids is 1. The lowest BCUT2D eigenvalue weighted by Crippen LogP contribution is -2.33. The molecular weight excluding hydrogens is 184 g/mol. The Morgan fingerprint density at radius 3 is 2.50 bits per heavy atom. The molecule has 2 aliphatic rings. The summed E-state index contributed by atoms with van der Waals surface area (Å²) in [6.07, 6.45) is 2.00. The first-order chi connectivity index (χ1) is 6.59. The van der Waals surface area contributed by atoms with Crippen LogP contribution in [0.2, 0.25) is 0 Å². The molecule has 1 N–H and O–H groups in total. The van der Waals surface area contributed by atoms with Crippen molar-refractivity contribution < 1.29 is 14.7 Å². The van der Waals surface area contributed by atoms with E-state index in [1.807, 2.05) is 0 Å². The molecule has 1 amide bonds. The van der Waals surface area contributed by atoms with Gasteiger partial charge in [0.1, 0.15) is 5.84 Å². The fraction of sp³-hybridized carbons (Fsp3) is 0.556. The van der Waals surface area contributed by atoms with E-state index in [0.29, 0.717) is 11.5 Å². The predicted octanol–water partition coefficient (Wildman–Crippen LogP) is 0.497. The van der Waals surface area contributed by atoms with Crippen LogP contribution in [0.15, 0.2) is 9.98 Å². The molecule has 1 aliphatic heterocycles. The molecule has 1 aliphatic carbocycles. The second-order valence-electron chi connectivity index (χ2n) is 3.61. The van der Waals surface area contributed by atoms with E-state index in [1.54, 1.807) is 6.92 Å². The number of carboxylic acids is 1. The summed E-state index contributed by atoms with van der Waals surface area (Å²) in [5, 5.41) is 8.75. The smallest absolute Gasteiger partial charge is 0.321 e. The zero-order valence-electron chi connectivity index (χ0n) is 7.73. The molecule has 5 heteroatoms. The van der Waals surface area contributed by atoms with Crippen molar-refractivity contribution >= 4 is 23.4 Å². The number of nitrogens with zero attached hydrogens (tertiary/aromatic N) is 2. The highest BCUT2D eigenvalue weighted by Crippen LogP contribution is 2.32. The standard InChI is InChI=1S/C9H10N2O3/c1-4-6(9(13)14)8(12)11-7(10-4)5-2-3-5/h5-6H,2-3H2,1H3,(H,13,14). The third-order valence-electron chi connectivity index (χ3n) is 2.37. The summed E-state index contributed by atoms with van der Waals surface area (Å²) in [6.45, 7) is 1.56. The third kappa shape index (κ3) is 1.45. The molecule has 1 fully saturated rings. The van der Waals surface area contributed by atoms with Crippen molar-refractivity contribution in [2.45, 2.75) is 19.8 Å². The number of carboxylic acid groups (broad SMARTS) is 1. The van der Waals surface area contributed by atoms with Crippen LogP contribution in [0.5, 0.6) is 0 Å². The lowest BCUT2D eigenvalue weighted by molar-refractivity contribution is -0.143. The molecule has 1 unspecified atom stereocenters. The molecular formula is C9H10N2O3. The second-order valence-corrected chi connectivity index (χ2v) is 3.61. The molecule has 1 atom stereocenters. The summed E-state index contributed by atoms with van der Waals surface area (Å²) in [6, 6.07) is 0. The molecule has 0 bridgehead atoms. The minimum atomic E-state index is -1.17. The first-order valence-electron chi connectivity index (χ1n) is 4.50. The zero-order valence-corrected chi connectivity index (χ0v) is 7.73. The Balaban J connectivity index is 2.27. The van der Waals surface area contributed by atoms with Crippen LogP contribution in [-0.4, -0.2) is 28.5 Å². The van der Waals surface area contributed by atoms with Crippen LogP contribution >= 0.6 is 0 Å². The lowest BCUT2D eigenvalue weighted by atomic mass is 10.0. The van der Waals surface area contributed by atoms with E-state index in [4.69, 9.17) is 5.11 Å². The molecule has 14 heavy (non-hydrogen) atoms. The van der Waals surface area contributed by atoms with E-state index >= 15 is 0 Å². The minimum Gasteiger partial charge on any atom is -0.480 e. The molecule has 2 rings (SSSR count). The van der Waals surface area contributed by atoms with Crippen LogP contribution in [0.1, 0.15) is 19.8 Å². The van der Waals surface area contributed by atoms with Gasteiger partial charge in [-0.05, 0) is 19.8 Å². The first-order valence-corrected chi connectivity index (χ1v) is 4.50. The van der Waals surface area contributed by atoms with Crippen molar-refractivity contribution in [3.05, 3.63) is 0 Å². The fourth-order valence-corrected chi connectivity index (χ4v) is 1.43. The van der Waals surface area contributed by atoms with Crippen LogP contribution in [0.4, 0.5) is 0 Å². The van der Waals surface area contributed by atoms with Gasteiger partial charge in [0.15, 0.2) is 5.92 Å². The Bertz CT molecular complexity index is 366. The van der Waals surface area contributed by atoms with E-state index in [9.17, 15) is 9.59 Å². The molecule has 1 saturated carbocycles. The summed E-state index contributed by atoms with van der Waals surface area (Å²) in [5.74, 6) is -2.13. The summed E-state index contributed by atoms with van der Waals surface area (Å²) in [7, 11) is 0. The highest BCUT2D eigenvalue weighted by molar-refractivity contribution is 6.24. The molecule has 1 heterocycles. The number of hydrogen-bond donors (Lipinski definition) is 1. The lowest BCUT2D eigenvalue weighted by Gasteiger charge is -2.13. The Morgan fingerprint density at radius 2 is 2.07 bits per heavy atom. The summed E-state index contributed by atoms with van der Waals surface area (Å²) >= 11 is 0. The predicted molar refractivity (Wildman–Crippen MR) is 49.4 cm³/mol. The van der Waals surface area contributed by atoms with E-state index in [1.165, 1.54) is 0 Å². The first kappa shape index (κ1) is 9.05. The Labute approximate surface area is 80.6 Å². The fourth-order valence-electron chi connectivity index (χ4n) is 1.43. The maximum Gasteiger partial charge on any atom is 0.321 e. The Morgan fingerprint density at radius 1 is 1.43 bits per heavy atom. The number of amidine groups is 1. The maximum absolute atomic E-state index is 11.3. The van der Waals surface area contributed by atoms with E-state index in [0.717, 1.165) is 12.8 Å². The number of amides is 1. The molecule has 0 aromatic heterocycles. The topological polar surface area (TPSA) is 79.1 Å². The monoisotopic (exact) mass is 194 g/mol. The summed E-state index contributed by atoms with van der Waals surface area (Å²) in [5.41, 5.74) is 0.347. The summed E-state index contributed by atoms with van der Waals surface area (Å²) in [4.78, 5) is 29.8. The van der Waals surface area contributed by atoms with Crippen molar-refractivity contribution in [2.24, 2.45) is 21.8 Å². The Hall–Kier alpha value is -1.52. The molecule has 5 nitrogen and oxygen atoms in total. The van der Waals surface area contributed by atoms with Crippen molar-refractivity contribution in [1.82, 2.24) is 0 Å². The number of carbonyl (C=O) groups is 2. The van der Waals surface area contributed by atoms with Gasteiger partial charge in [-0.3, -0.25) is 9.59 Å². The highest BCUT2D eigenvalue weighted by Gasteiger charge is 2.37. The van der Waals surface area contributed by atoms with E-state index in [2.05, 4.69) is 9.98 Å². The van der Waals surface area contributed by atoms with Crippen LogP contribution < -0.4 is 0 Å². The van der Waals surface area contributed by atoms with Gasteiger partial charge in [0.05, 0.1) is 0 Å². The van der Waals surface area contributed by atoms with Crippen LogP contribution in [0.3, 0.4) is 0 Å². The van der Waals surface area contributed by atoms with Gasteiger partial charge in [-0.15, -0.1) is 0 Å².